The van der Waals surface area contributed by atoms with E-state index in [4.69, 9.17) is 0 Å². The van der Waals surface area contributed by atoms with Crippen molar-refractivity contribution in [2.24, 2.45) is 0 Å². The van der Waals surface area contributed by atoms with Crippen molar-refractivity contribution in [1.82, 2.24) is 20.4 Å². The highest BCUT2D eigenvalue weighted by Crippen LogP contribution is 2.30. The van der Waals surface area contributed by atoms with Crippen molar-refractivity contribution in [3.8, 4) is 0 Å². The Labute approximate surface area is 163 Å². The van der Waals surface area contributed by atoms with E-state index in [-0.39, 0.29) is 36.8 Å². The standard InChI is InChI=1S/C20H26N4O4/c25-12-15-11-23(8-2-7-21-15)9-13-3-1-4-14-10-24(20(28)18(13)14)16-5-6-17(26)22-19(16)27/h1,3-4,15-16,21,25H,2,5-12H2,(H,22,26,27). The van der Waals surface area contributed by atoms with Crippen LogP contribution in [0.4, 0.5) is 0 Å². The van der Waals surface area contributed by atoms with Crippen LogP contribution in [0.3, 0.4) is 0 Å². The molecule has 150 valence electrons. The predicted molar refractivity (Wildman–Crippen MR) is 101 cm³/mol. The molecule has 3 amide bonds. The van der Waals surface area contributed by atoms with E-state index in [2.05, 4.69) is 15.5 Å². The van der Waals surface area contributed by atoms with Gasteiger partial charge in [0.05, 0.1) is 6.61 Å². The highest BCUT2D eigenvalue weighted by atomic mass is 16.3. The third-order valence-corrected chi connectivity index (χ3v) is 5.82. The minimum atomic E-state index is -0.591. The number of rotatable bonds is 4. The molecule has 2 unspecified atom stereocenters. The lowest BCUT2D eigenvalue weighted by atomic mass is 10.0. The van der Waals surface area contributed by atoms with E-state index in [0.717, 1.165) is 37.2 Å². The number of amides is 3. The maximum absolute atomic E-state index is 13.2. The van der Waals surface area contributed by atoms with E-state index >= 15 is 0 Å². The zero-order valence-corrected chi connectivity index (χ0v) is 15.8. The molecule has 1 aromatic rings. The van der Waals surface area contributed by atoms with Crippen molar-refractivity contribution >= 4 is 17.7 Å². The van der Waals surface area contributed by atoms with E-state index in [9.17, 15) is 19.5 Å². The molecule has 28 heavy (non-hydrogen) atoms. The van der Waals surface area contributed by atoms with Gasteiger partial charge < -0.3 is 15.3 Å². The molecule has 0 aliphatic carbocycles. The lowest BCUT2D eigenvalue weighted by Gasteiger charge is -2.29. The van der Waals surface area contributed by atoms with Gasteiger partial charge in [-0.15, -0.1) is 0 Å². The van der Waals surface area contributed by atoms with Gasteiger partial charge in [-0.3, -0.25) is 24.6 Å². The summed E-state index contributed by atoms with van der Waals surface area (Å²) in [6.45, 7) is 3.62. The summed E-state index contributed by atoms with van der Waals surface area (Å²) in [7, 11) is 0. The Balaban J connectivity index is 1.53. The third kappa shape index (κ3) is 3.67. The smallest absolute Gasteiger partial charge is 0.255 e. The molecule has 3 N–H and O–H groups in total. The summed E-state index contributed by atoms with van der Waals surface area (Å²) in [5.41, 5.74) is 2.57. The average Bonchev–Trinajstić information content (AvgIpc) is 2.86. The van der Waals surface area contributed by atoms with Crippen molar-refractivity contribution in [2.45, 2.75) is 44.4 Å². The van der Waals surface area contributed by atoms with E-state index in [1.165, 1.54) is 0 Å². The Morgan fingerprint density at radius 2 is 2.07 bits per heavy atom. The second-order valence-electron chi connectivity index (χ2n) is 7.77. The maximum atomic E-state index is 13.2. The normalized spacial score (nSPS) is 26.2. The molecule has 3 aliphatic heterocycles. The number of nitrogens with one attached hydrogen (secondary N) is 2. The van der Waals surface area contributed by atoms with Gasteiger partial charge in [-0.2, -0.15) is 0 Å². The largest absolute Gasteiger partial charge is 0.395 e. The molecule has 1 aromatic carbocycles. The van der Waals surface area contributed by atoms with Gasteiger partial charge >= 0.3 is 0 Å². The Morgan fingerprint density at radius 1 is 1.21 bits per heavy atom. The first-order valence-electron chi connectivity index (χ1n) is 9.89. The van der Waals surface area contributed by atoms with Crippen LogP contribution in [-0.4, -0.2) is 71.0 Å². The lowest BCUT2D eigenvalue weighted by Crippen LogP contribution is -2.52. The van der Waals surface area contributed by atoms with Crippen LogP contribution in [0.15, 0.2) is 18.2 Å². The van der Waals surface area contributed by atoms with Crippen LogP contribution in [0.1, 0.15) is 40.7 Å². The molecule has 0 bridgehead atoms. The number of carbonyl (C=O) groups excluding carboxylic acids is 3. The molecule has 0 radical (unpaired) electrons. The van der Waals surface area contributed by atoms with Crippen LogP contribution in [0, 0.1) is 0 Å². The summed E-state index contributed by atoms with van der Waals surface area (Å²) in [6, 6.07) is 5.30. The van der Waals surface area contributed by atoms with Gasteiger partial charge in [-0.25, -0.2) is 0 Å². The zero-order valence-electron chi connectivity index (χ0n) is 15.8. The van der Waals surface area contributed by atoms with Crippen LogP contribution < -0.4 is 10.6 Å². The maximum Gasteiger partial charge on any atom is 0.255 e. The van der Waals surface area contributed by atoms with E-state index in [1.54, 1.807) is 4.90 Å². The van der Waals surface area contributed by atoms with Gasteiger partial charge in [0.25, 0.3) is 5.91 Å². The number of carbonyl (C=O) groups is 3. The van der Waals surface area contributed by atoms with Crippen LogP contribution in [0.25, 0.3) is 0 Å². The number of benzene rings is 1. The summed E-state index contributed by atoms with van der Waals surface area (Å²) in [5.74, 6) is -0.797. The van der Waals surface area contributed by atoms with Gasteiger partial charge in [0, 0.05) is 37.7 Å². The molecule has 8 heteroatoms. The van der Waals surface area contributed by atoms with Crippen molar-refractivity contribution in [2.75, 3.05) is 26.2 Å². The number of piperidine rings is 1. The van der Waals surface area contributed by atoms with Gasteiger partial charge in [-0.05, 0) is 37.1 Å². The molecule has 2 atom stereocenters. The molecule has 4 rings (SSSR count). The number of hydrogen-bond acceptors (Lipinski definition) is 6. The molecule has 0 saturated carbocycles. The monoisotopic (exact) mass is 386 g/mol. The molecule has 0 aromatic heterocycles. The van der Waals surface area contributed by atoms with Crippen LogP contribution >= 0.6 is 0 Å². The second-order valence-corrected chi connectivity index (χ2v) is 7.77. The van der Waals surface area contributed by atoms with Gasteiger partial charge in [0.2, 0.25) is 11.8 Å². The molecule has 2 saturated heterocycles. The van der Waals surface area contributed by atoms with E-state index in [1.807, 2.05) is 18.2 Å². The van der Waals surface area contributed by atoms with Crippen LogP contribution in [-0.2, 0) is 22.7 Å². The minimum absolute atomic E-state index is 0.0370. The quantitative estimate of drug-likeness (QED) is 0.609. The summed E-state index contributed by atoms with van der Waals surface area (Å²) in [4.78, 5) is 40.7. The second kappa shape index (κ2) is 7.98. The van der Waals surface area contributed by atoms with Crippen molar-refractivity contribution in [3.63, 3.8) is 0 Å². The topological polar surface area (TPSA) is 102 Å². The van der Waals surface area contributed by atoms with Crippen molar-refractivity contribution in [3.05, 3.63) is 34.9 Å². The first kappa shape index (κ1) is 19.0. The van der Waals surface area contributed by atoms with Crippen molar-refractivity contribution < 1.29 is 19.5 Å². The molecule has 0 spiro atoms. The highest BCUT2D eigenvalue weighted by Gasteiger charge is 2.40. The fraction of sp³-hybridized carbons (Fsp3) is 0.550. The molecule has 2 fully saturated rings. The number of imide groups is 1. The average molecular weight is 386 g/mol. The summed E-state index contributed by atoms with van der Waals surface area (Å²) in [5, 5.41) is 15.2. The first-order chi connectivity index (χ1) is 13.6. The third-order valence-electron chi connectivity index (χ3n) is 5.82. The summed E-state index contributed by atoms with van der Waals surface area (Å²) in [6.07, 6.45) is 1.62. The lowest BCUT2D eigenvalue weighted by molar-refractivity contribution is -0.136. The SMILES string of the molecule is O=C1CCC(N2Cc3cccc(CN4CCCNC(CO)C4)c3C2=O)C(=O)N1. The molecular formula is C20H26N4O4. The van der Waals surface area contributed by atoms with Crippen LogP contribution in [0.5, 0.6) is 0 Å². The Hall–Kier alpha value is -2.29. The van der Waals surface area contributed by atoms with Gasteiger partial charge in [-0.1, -0.05) is 18.2 Å². The summed E-state index contributed by atoms with van der Waals surface area (Å²) >= 11 is 0. The number of nitrogens with zero attached hydrogens (tertiary/aromatic N) is 2. The summed E-state index contributed by atoms with van der Waals surface area (Å²) < 4.78 is 0. The Morgan fingerprint density at radius 3 is 2.86 bits per heavy atom. The molecule has 3 heterocycles. The first-order valence-corrected chi connectivity index (χ1v) is 9.89. The highest BCUT2D eigenvalue weighted by molar-refractivity contribution is 6.05. The van der Waals surface area contributed by atoms with Crippen LogP contribution in [0.2, 0.25) is 0 Å². The number of hydrogen-bond donors (Lipinski definition) is 3. The molecular weight excluding hydrogens is 360 g/mol. The Bertz CT molecular complexity index is 796. The number of fused-ring (bicyclic) bond motifs is 1. The van der Waals surface area contributed by atoms with Crippen molar-refractivity contribution in [1.29, 1.82) is 0 Å². The number of aliphatic hydroxyl groups is 1. The van der Waals surface area contributed by atoms with Gasteiger partial charge in [0.1, 0.15) is 6.04 Å². The fourth-order valence-electron chi connectivity index (χ4n) is 4.40. The molecule has 8 nitrogen and oxygen atoms in total. The zero-order chi connectivity index (χ0) is 19.7. The number of aliphatic hydroxyl groups excluding tert-OH is 1. The van der Waals surface area contributed by atoms with E-state index < -0.39 is 6.04 Å². The Kier molecular flexibility index (Phi) is 5.43. The van der Waals surface area contributed by atoms with E-state index in [0.29, 0.717) is 25.1 Å². The fourth-order valence-corrected chi connectivity index (χ4v) is 4.40. The minimum Gasteiger partial charge on any atom is -0.395 e. The molecule has 3 aliphatic rings. The predicted octanol–water partition coefficient (Wildman–Crippen LogP) is -0.396. The van der Waals surface area contributed by atoms with Gasteiger partial charge in [0.15, 0.2) is 0 Å².